The highest BCUT2D eigenvalue weighted by Gasteiger charge is 2.12. The van der Waals surface area contributed by atoms with Gasteiger partial charge in [-0.1, -0.05) is 11.6 Å². The highest BCUT2D eigenvalue weighted by atomic mass is 35.5. The van der Waals surface area contributed by atoms with Crippen molar-refractivity contribution in [1.82, 2.24) is 19.9 Å². The van der Waals surface area contributed by atoms with Crippen molar-refractivity contribution >= 4 is 46.1 Å². The van der Waals surface area contributed by atoms with E-state index in [1.807, 2.05) is 0 Å². The summed E-state index contributed by atoms with van der Waals surface area (Å²) in [5, 5.41) is 4.34. The lowest BCUT2D eigenvalue weighted by molar-refractivity contribution is -0.140. The molecule has 0 aliphatic rings. The minimum Gasteiger partial charge on any atom is -0.469 e. The van der Waals surface area contributed by atoms with Crippen molar-refractivity contribution in [1.29, 1.82) is 0 Å². The first kappa shape index (κ1) is 19.6. The number of hydrogen-bond acceptors (Lipinski definition) is 9. The molecule has 3 aromatic rings. The van der Waals surface area contributed by atoms with Gasteiger partial charge < -0.3 is 10.1 Å². The van der Waals surface area contributed by atoms with Crippen LogP contribution < -0.4 is 16.2 Å². The van der Waals surface area contributed by atoms with Crippen molar-refractivity contribution in [3.63, 3.8) is 0 Å². The monoisotopic (exact) mass is 405 g/mol. The van der Waals surface area contributed by atoms with Gasteiger partial charge in [0, 0.05) is 18.7 Å². The Labute approximate surface area is 164 Å². The Hall–Kier alpha value is -3.11. The van der Waals surface area contributed by atoms with E-state index in [0.717, 1.165) is 0 Å². The van der Waals surface area contributed by atoms with Crippen molar-refractivity contribution in [2.75, 3.05) is 24.0 Å². The number of nitrogens with zero attached hydrogens (tertiary/aromatic N) is 5. The summed E-state index contributed by atoms with van der Waals surface area (Å²) in [4.78, 5) is 28.1. The first-order valence-corrected chi connectivity index (χ1v) is 8.64. The lowest BCUT2D eigenvalue weighted by atomic mass is 10.3. The molecule has 0 fully saturated rings. The molecule has 2 heterocycles. The number of ether oxygens (including phenoxy) is 1. The molecular formula is C17H17ClFN7O2. The van der Waals surface area contributed by atoms with Crippen LogP contribution in [0.3, 0.4) is 0 Å². The minimum absolute atomic E-state index is 0.0163. The smallest absolute Gasteiger partial charge is 0.305 e. The molecule has 11 heteroatoms. The number of carbonyl (C=O) groups excluding carboxylic acids is 1. The molecule has 0 unspecified atom stereocenters. The Morgan fingerprint density at radius 2 is 2.18 bits per heavy atom. The zero-order valence-corrected chi connectivity index (χ0v) is 15.6. The van der Waals surface area contributed by atoms with Gasteiger partial charge in [0.2, 0.25) is 5.95 Å². The molecule has 0 bridgehead atoms. The van der Waals surface area contributed by atoms with Crippen LogP contribution >= 0.6 is 11.6 Å². The lowest BCUT2D eigenvalue weighted by Gasteiger charge is -2.16. The Morgan fingerprint density at radius 1 is 1.36 bits per heavy atom. The lowest BCUT2D eigenvalue weighted by Crippen LogP contribution is -2.33. The number of anilines is 3. The molecule has 0 amide bonds. The number of nitrogens with two attached hydrogens (primary N) is 1. The number of esters is 1. The topological polar surface area (TPSA) is 119 Å². The van der Waals surface area contributed by atoms with Gasteiger partial charge in [0.05, 0.1) is 18.3 Å². The molecular weight excluding hydrogens is 389 g/mol. The molecule has 9 nitrogen and oxygen atoms in total. The zero-order valence-electron chi connectivity index (χ0n) is 14.9. The average molecular weight is 406 g/mol. The molecule has 2 aromatic heterocycles. The van der Waals surface area contributed by atoms with E-state index in [0.29, 0.717) is 35.5 Å². The van der Waals surface area contributed by atoms with Gasteiger partial charge >= 0.3 is 5.97 Å². The van der Waals surface area contributed by atoms with Gasteiger partial charge in [0.25, 0.3) is 0 Å². The van der Waals surface area contributed by atoms with E-state index in [1.165, 1.54) is 42.8 Å². The quantitative estimate of drug-likeness (QED) is 0.347. The standard InChI is InChI=1S/C17H17ClFN7O2/c1-28-14(27)3-2-6-26(20)17-21-8-13-15(25-17)16(23-9-22-13)24-10-4-5-12(19)11(18)7-10/h4-5,7-9H,2-3,6,20H2,1H3,(H,22,23,24). The van der Waals surface area contributed by atoms with E-state index in [-0.39, 0.29) is 23.4 Å². The number of halogens is 2. The molecule has 0 radical (unpaired) electrons. The average Bonchev–Trinajstić information content (AvgIpc) is 2.70. The van der Waals surface area contributed by atoms with Crippen LogP contribution in [0.15, 0.2) is 30.7 Å². The molecule has 0 atom stereocenters. The summed E-state index contributed by atoms with van der Waals surface area (Å²) in [7, 11) is 1.33. The van der Waals surface area contributed by atoms with Crippen LogP contribution in [0, 0.1) is 5.82 Å². The van der Waals surface area contributed by atoms with Crippen LogP contribution in [-0.4, -0.2) is 39.6 Å². The number of aromatic nitrogens is 4. The third-order valence-corrected chi connectivity index (χ3v) is 4.10. The molecule has 0 aliphatic carbocycles. The van der Waals surface area contributed by atoms with Crippen molar-refractivity contribution in [3.05, 3.63) is 41.6 Å². The van der Waals surface area contributed by atoms with Gasteiger partial charge in [-0.15, -0.1) is 0 Å². The van der Waals surface area contributed by atoms with E-state index in [2.05, 4.69) is 30.0 Å². The van der Waals surface area contributed by atoms with Gasteiger partial charge in [-0.2, -0.15) is 0 Å². The Bertz CT molecular complexity index is 1000. The third kappa shape index (κ3) is 4.59. The summed E-state index contributed by atoms with van der Waals surface area (Å²) in [6, 6.07) is 4.21. The maximum Gasteiger partial charge on any atom is 0.305 e. The fourth-order valence-electron chi connectivity index (χ4n) is 2.38. The number of nitrogens with one attached hydrogen (secondary N) is 1. The summed E-state index contributed by atoms with van der Waals surface area (Å²) >= 11 is 5.82. The molecule has 28 heavy (non-hydrogen) atoms. The summed E-state index contributed by atoms with van der Waals surface area (Å²) in [6.45, 7) is 0.352. The number of hydrazine groups is 1. The van der Waals surface area contributed by atoms with Crippen LogP contribution in [0.5, 0.6) is 0 Å². The van der Waals surface area contributed by atoms with E-state index in [4.69, 9.17) is 17.4 Å². The van der Waals surface area contributed by atoms with Gasteiger partial charge in [0.1, 0.15) is 23.2 Å². The second kappa shape index (κ2) is 8.72. The highest BCUT2D eigenvalue weighted by molar-refractivity contribution is 6.31. The fraction of sp³-hybridized carbons (Fsp3) is 0.235. The van der Waals surface area contributed by atoms with Crippen LogP contribution in [0.25, 0.3) is 11.0 Å². The predicted octanol–water partition coefficient (Wildman–Crippen LogP) is 2.59. The van der Waals surface area contributed by atoms with Crippen molar-refractivity contribution in [2.24, 2.45) is 5.84 Å². The molecule has 0 aliphatic heterocycles. The number of carbonyl (C=O) groups is 1. The number of hydrogen-bond donors (Lipinski definition) is 2. The van der Waals surface area contributed by atoms with Gasteiger partial charge in [-0.25, -0.2) is 30.2 Å². The van der Waals surface area contributed by atoms with Crippen LogP contribution in [0.2, 0.25) is 5.02 Å². The molecule has 0 saturated carbocycles. The van der Waals surface area contributed by atoms with Crippen LogP contribution in [0.1, 0.15) is 12.8 Å². The Kier molecular flexibility index (Phi) is 6.12. The summed E-state index contributed by atoms with van der Waals surface area (Å²) in [5.74, 6) is 5.79. The minimum atomic E-state index is -0.518. The van der Waals surface area contributed by atoms with Crippen molar-refractivity contribution in [3.8, 4) is 0 Å². The fourth-order valence-corrected chi connectivity index (χ4v) is 2.56. The van der Waals surface area contributed by atoms with Gasteiger partial charge in [-0.3, -0.25) is 9.80 Å². The van der Waals surface area contributed by atoms with Crippen LogP contribution in [-0.2, 0) is 9.53 Å². The van der Waals surface area contributed by atoms with E-state index < -0.39 is 5.82 Å². The van der Waals surface area contributed by atoms with Crippen molar-refractivity contribution in [2.45, 2.75) is 12.8 Å². The molecule has 146 valence electrons. The number of fused-ring (bicyclic) bond motifs is 1. The number of rotatable bonds is 7. The maximum atomic E-state index is 13.4. The molecule has 0 spiro atoms. The Balaban J connectivity index is 1.83. The van der Waals surface area contributed by atoms with Gasteiger partial charge in [0.15, 0.2) is 5.82 Å². The highest BCUT2D eigenvalue weighted by Crippen LogP contribution is 2.25. The third-order valence-electron chi connectivity index (χ3n) is 3.81. The second-order valence-corrected chi connectivity index (χ2v) is 6.16. The first-order valence-electron chi connectivity index (χ1n) is 8.27. The maximum absolute atomic E-state index is 13.4. The summed E-state index contributed by atoms with van der Waals surface area (Å²) < 4.78 is 17.9. The predicted molar refractivity (Wildman–Crippen MR) is 103 cm³/mol. The molecule has 3 rings (SSSR count). The largest absolute Gasteiger partial charge is 0.469 e. The second-order valence-electron chi connectivity index (χ2n) is 5.75. The Morgan fingerprint density at radius 3 is 2.93 bits per heavy atom. The first-order chi connectivity index (χ1) is 13.5. The van der Waals surface area contributed by atoms with Gasteiger partial charge in [-0.05, 0) is 24.6 Å². The summed E-state index contributed by atoms with van der Waals surface area (Å²) in [6.07, 6.45) is 3.59. The van der Waals surface area contributed by atoms with E-state index >= 15 is 0 Å². The SMILES string of the molecule is COC(=O)CCCN(N)c1ncc2ncnc(Nc3ccc(F)c(Cl)c3)c2n1. The summed E-state index contributed by atoms with van der Waals surface area (Å²) in [5.41, 5.74) is 1.46. The number of methoxy groups -OCH3 is 1. The van der Waals surface area contributed by atoms with Crippen molar-refractivity contribution < 1.29 is 13.9 Å². The van der Waals surface area contributed by atoms with E-state index in [1.54, 1.807) is 0 Å². The number of benzene rings is 1. The van der Waals surface area contributed by atoms with Crippen LogP contribution in [0.4, 0.5) is 21.8 Å². The zero-order chi connectivity index (χ0) is 20.1. The van der Waals surface area contributed by atoms with E-state index in [9.17, 15) is 9.18 Å². The normalized spacial score (nSPS) is 10.7. The molecule has 1 aromatic carbocycles. The molecule has 3 N–H and O–H groups in total. The molecule has 0 saturated heterocycles.